The Labute approximate surface area is 139 Å². The molecule has 3 aromatic rings. The number of carbonyl (C=O) groups excluding carboxylic acids is 1. The maximum Gasteiger partial charge on any atom is 0.255 e. The standard InChI is InChI=1S/C19H19N3O2/c20-17(23)11-24-13-7-5-12(6-8-13)18-19-15(9-10-21-18)14-3-1-2-4-16(14)22-19/h1-8,18,21-22H,9-11H2,(H2,20,23). The molecule has 0 spiro atoms. The van der Waals surface area contributed by atoms with Crippen molar-refractivity contribution in [2.24, 2.45) is 5.73 Å². The summed E-state index contributed by atoms with van der Waals surface area (Å²) in [6.07, 6.45) is 1.02. The van der Waals surface area contributed by atoms with Crippen molar-refractivity contribution >= 4 is 16.8 Å². The van der Waals surface area contributed by atoms with Crippen LogP contribution in [0.2, 0.25) is 0 Å². The van der Waals surface area contributed by atoms with E-state index in [0.717, 1.165) is 18.5 Å². The first-order valence-corrected chi connectivity index (χ1v) is 8.06. The number of amides is 1. The van der Waals surface area contributed by atoms with Crippen LogP contribution in [-0.4, -0.2) is 24.0 Å². The molecule has 2 aromatic carbocycles. The molecule has 4 N–H and O–H groups in total. The van der Waals surface area contributed by atoms with E-state index in [-0.39, 0.29) is 12.6 Å². The van der Waals surface area contributed by atoms with Gasteiger partial charge in [-0.25, -0.2) is 0 Å². The van der Waals surface area contributed by atoms with Crippen molar-refractivity contribution in [3.63, 3.8) is 0 Å². The van der Waals surface area contributed by atoms with E-state index < -0.39 is 5.91 Å². The Morgan fingerprint density at radius 1 is 1.17 bits per heavy atom. The van der Waals surface area contributed by atoms with Crippen LogP contribution in [0.3, 0.4) is 0 Å². The fourth-order valence-corrected chi connectivity index (χ4v) is 3.38. The van der Waals surface area contributed by atoms with E-state index in [4.69, 9.17) is 10.5 Å². The molecule has 0 radical (unpaired) electrons. The molecule has 1 atom stereocenters. The van der Waals surface area contributed by atoms with Gasteiger partial charge >= 0.3 is 0 Å². The number of aromatic nitrogens is 1. The van der Waals surface area contributed by atoms with Crippen molar-refractivity contribution in [2.75, 3.05) is 13.2 Å². The Morgan fingerprint density at radius 2 is 1.96 bits per heavy atom. The molecule has 1 aliphatic rings. The molecular weight excluding hydrogens is 302 g/mol. The fourth-order valence-electron chi connectivity index (χ4n) is 3.38. The number of nitrogens with one attached hydrogen (secondary N) is 2. The minimum Gasteiger partial charge on any atom is -0.484 e. The van der Waals surface area contributed by atoms with Gasteiger partial charge in [0.1, 0.15) is 5.75 Å². The molecule has 0 bridgehead atoms. The lowest BCUT2D eigenvalue weighted by molar-refractivity contribution is -0.119. The van der Waals surface area contributed by atoms with Gasteiger partial charge in [0.15, 0.2) is 6.61 Å². The van der Waals surface area contributed by atoms with E-state index in [2.05, 4.69) is 34.6 Å². The zero-order valence-electron chi connectivity index (χ0n) is 13.2. The summed E-state index contributed by atoms with van der Waals surface area (Å²) < 4.78 is 5.32. The maximum atomic E-state index is 10.8. The van der Waals surface area contributed by atoms with Crippen molar-refractivity contribution in [1.82, 2.24) is 10.3 Å². The number of H-pyrrole nitrogens is 1. The Kier molecular flexibility index (Phi) is 3.70. The zero-order valence-corrected chi connectivity index (χ0v) is 13.2. The Morgan fingerprint density at radius 3 is 2.75 bits per heavy atom. The zero-order chi connectivity index (χ0) is 16.5. The number of aromatic amines is 1. The third-order valence-electron chi connectivity index (χ3n) is 4.45. The number of rotatable bonds is 4. The van der Waals surface area contributed by atoms with Crippen molar-refractivity contribution < 1.29 is 9.53 Å². The smallest absolute Gasteiger partial charge is 0.255 e. The summed E-state index contributed by atoms with van der Waals surface area (Å²) in [4.78, 5) is 14.4. The van der Waals surface area contributed by atoms with E-state index in [1.165, 1.54) is 22.2 Å². The van der Waals surface area contributed by atoms with Gasteiger partial charge < -0.3 is 20.8 Å². The lowest BCUT2D eigenvalue weighted by Gasteiger charge is -2.25. The molecule has 2 heterocycles. The normalized spacial score (nSPS) is 16.8. The summed E-state index contributed by atoms with van der Waals surface area (Å²) in [6, 6.07) is 16.3. The highest BCUT2D eigenvalue weighted by Gasteiger charge is 2.24. The van der Waals surface area contributed by atoms with Gasteiger partial charge in [-0.3, -0.25) is 4.79 Å². The first-order valence-electron chi connectivity index (χ1n) is 8.06. The highest BCUT2D eigenvalue weighted by Crippen LogP contribution is 2.33. The molecule has 0 fully saturated rings. The van der Waals surface area contributed by atoms with Gasteiger partial charge in [0.25, 0.3) is 5.91 Å². The van der Waals surface area contributed by atoms with Gasteiger partial charge in [0, 0.05) is 23.1 Å². The van der Waals surface area contributed by atoms with Crippen LogP contribution in [-0.2, 0) is 11.2 Å². The van der Waals surface area contributed by atoms with E-state index >= 15 is 0 Å². The van der Waals surface area contributed by atoms with Crippen molar-refractivity contribution in [2.45, 2.75) is 12.5 Å². The van der Waals surface area contributed by atoms with Crippen molar-refractivity contribution in [1.29, 1.82) is 0 Å². The second kappa shape index (κ2) is 6.02. The van der Waals surface area contributed by atoms with Crippen LogP contribution in [0.5, 0.6) is 5.75 Å². The van der Waals surface area contributed by atoms with Crippen molar-refractivity contribution in [3.8, 4) is 5.75 Å². The molecular formula is C19H19N3O2. The summed E-state index contributed by atoms with van der Waals surface area (Å²) in [6.45, 7) is 0.840. The van der Waals surface area contributed by atoms with Crippen LogP contribution in [0.1, 0.15) is 22.9 Å². The van der Waals surface area contributed by atoms with Gasteiger partial charge in [0.05, 0.1) is 6.04 Å². The average Bonchev–Trinajstić information content (AvgIpc) is 2.99. The largest absolute Gasteiger partial charge is 0.484 e. The number of ether oxygens (including phenoxy) is 1. The van der Waals surface area contributed by atoms with Gasteiger partial charge in [-0.15, -0.1) is 0 Å². The second-order valence-corrected chi connectivity index (χ2v) is 6.02. The predicted octanol–water partition coefficient (Wildman–Crippen LogP) is 2.27. The van der Waals surface area contributed by atoms with E-state index in [1.54, 1.807) is 0 Å². The van der Waals surface area contributed by atoms with Crippen LogP contribution >= 0.6 is 0 Å². The number of hydrogen-bond donors (Lipinski definition) is 3. The van der Waals surface area contributed by atoms with Crippen LogP contribution in [0.15, 0.2) is 48.5 Å². The Balaban J connectivity index is 1.65. The Bertz CT molecular complexity index is 883. The number of primary amides is 1. The minimum atomic E-state index is -0.476. The molecule has 1 aliphatic heterocycles. The number of para-hydroxylation sites is 1. The van der Waals surface area contributed by atoms with E-state index in [9.17, 15) is 4.79 Å². The third kappa shape index (κ3) is 2.63. The SMILES string of the molecule is NC(=O)COc1ccc(C2NCCc3c2[nH]c2ccccc32)cc1. The van der Waals surface area contributed by atoms with Crippen LogP contribution in [0.25, 0.3) is 10.9 Å². The second-order valence-electron chi connectivity index (χ2n) is 6.02. The highest BCUT2D eigenvalue weighted by molar-refractivity contribution is 5.85. The summed E-state index contributed by atoms with van der Waals surface area (Å²) in [5.41, 5.74) is 10.1. The first kappa shape index (κ1) is 14.8. The minimum absolute atomic E-state index is 0.104. The van der Waals surface area contributed by atoms with E-state index in [0.29, 0.717) is 5.75 Å². The fraction of sp³-hybridized carbons (Fsp3) is 0.211. The topological polar surface area (TPSA) is 80.1 Å². The lowest BCUT2D eigenvalue weighted by atomic mass is 9.94. The molecule has 0 saturated carbocycles. The van der Waals surface area contributed by atoms with Gasteiger partial charge in [-0.1, -0.05) is 30.3 Å². The molecule has 0 saturated heterocycles. The van der Waals surface area contributed by atoms with Crippen molar-refractivity contribution in [3.05, 3.63) is 65.4 Å². The highest BCUT2D eigenvalue weighted by atomic mass is 16.5. The molecule has 5 heteroatoms. The summed E-state index contributed by atoms with van der Waals surface area (Å²) in [7, 11) is 0. The molecule has 1 aromatic heterocycles. The summed E-state index contributed by atoms with van der Waals surface area (Å²) in [5.74, 6) is 0.168. The number of carbonyl (C=O) groups is 1. The van der Waals surface area contributed by atoms with Crippen LogP contribution in [0, 0.1) is 0 Å². The number of fused-ring (bicyclic) bond motifs is 3. The maximum absolute atomic E-state index is 10.8. The molecule has 1 amide bonds. The van der Waals surface area contributed by atoms with Crippen LogP contribution < -0.4 is 15.8 Å². The van der Waals surface area contributed by atoms with Gasteiger partial charge in [0.2, 0.25) is 0 Å². The van der Waals surface area contributed by atoms with Gasteiger partial charge in [-0.05, 0) is 35.7 Å². The number of nitrogens with two attached hydrogens (primary N) is 1. The number of benzene rings is 2. The van der Waals surface area contributed by atoms with Crippen LogP contribution in [0.4, 0.5) is 0 Å². The lowest BCUT2D eigenvalue weighted by Crippen LogP contribution is -2.30. The molecule has 122 valence electrons. The predicted molar refractivity (Wildman–Crippen MR) is 93.0 cm³/mol. The monoisotopic (exact) mass is 321 g/mol. The molecule has 5 nitrogen and oxygen atoms in total. The molecule has 4 rings (SSSR count). The number of hydrogen-bond acceptors (Lipinski definition) is 3. The average molecular weight is 321 g/mol. The molecule has 0 aliphatic carbocycles. The quantitative estimate of drug-likeness (QED) is 0.689. The molecule has 1 unspecified atom stereocenters. The van der Waals surface area contributed by atoms with Gasteiger partial charge in [-0.2, -0.15) is 0 Å². The summed E-state index contributed by atoms with van der Waals surface area (Å²) >= 11 is 0. The van der Waals surface area contributed by atoms with E-state index in [1.807, 2.05) is 24.3 Å². The third-order valence-corrected chi connectivity index (χ3v) is 4.45. The first-order chi connectivity index (χ1) is 11.7. The molecule has 24 heavy (non-hydrogen) atoms. The summed E-state index contributed by atoms with van der Waals surface area (Å²) in [5, 5.41) is 4.88. The Hall–Kier alpha value is -2.79.